The zero-order chi connectivity index (χ0) is 22.1. The van der Waals surface area contributed by atoms with Gasteiger partial charge in [-0.25, -0.2) is 4.98 Å². The summed E-state index contributed by atoms with van der Waals surface area (Å²) >= 11 is 0. The standard InChI is InChI=1S/C23H30N4O4/c1-17-25-21(27-12-5-4-6-13-27)16-23(26-17)31-14-11-24-22(28)10-8-18-7-9-19(29-2)20(15-18)30-3/h7-10,15-16H,4-6,11-14H2,1-3H3,(H,24,28)/b10-8+. The zero-order valence-corrected chi connectivity index (χ0v) is 18.4. The molecule has 2 heterocycles. The van der Waals surface area contributed by atoms with E-state index in [2.05, 4.69) is 20.2 Å². The fourth-order valence-electron chi connectivity index (χ4n) is 3.40. The van der Waals surface area contributed by atoms with Crippen molar-refractivity contribution in [3.05, 3.63) is 41.7 Å². The highest BCUT2D eigenvalue weighted by Crippen LogP contribution is 2.28. The van der Waals surface area contributed by atoms with Crippen molar-refractivity contribution in [3.8, 4) is 17.4 Å². The first-order valence-corrected chi connectivity index (χ1v) is 10.5. The molecule has 0 atom stereocenters. The van der Waals surface area contributed by atoms with E-state index in [1.54, 1.807) is 26.4 Å². The van der Waals surface area contributed by atoms with Crippen LogP contribution in [0.3, 0.4) is 0 Å². The third-order valence-electron chi connectivity index (χ3n) is 4.97. The maximum absolute atomic E-state index is 12.1. The minimum Gasteiger partial charge on any atom is -0.493 e. The lowest BCUT2D eigenvalue weighted by atomic mass is 10.1. The zero-order valence-electron chi connectivity index (χ0n) is 18.4. The van der Waals surface area contributed by atoms with Crippen molar-refractivity contribution in [2.75, 3.05) is 45.4 Å². The Hall–Kier alpha value is -3.29. The first kappa shape index (κ1) is 22.4. The summed E-state index contributed by atoms with van der Waals surface area (Å²) in [7, 11) is 3.16. The number of ether oxygens (including phenoxy) is 3. The first-order chi connectivity index (χ1) is 15.1. The van der Waals surface area contributed by atoms with Crippen LogP contribution in [0.1, 0.15) is 30.7 Å². The fourth-order valence-corrected chi connectivity index (χ4v) is 3.40. The van der Waals surface area contributed by atoms with Gasteiger partial charge in [-0.05, 0) is 50.0 Å². The van der Waals surface area contributed by atoms with Crippen molar-refractivity contribution >= 4 is 17.8 Å². The molecule has 0 aliphatic carbocycles. The Kier molecular flexibility index (Phi) is 8.09. The summed E-state index contributed by atoms with van der Waals surface area (Å²) in [6, 6.07) is 7.33. The Morgan fingerprint density at radius 2 is 1.87 bits per heavy atom. The highest BCUT2D eigenvalue weighted by molar-refractivity contribution is 5.91. The number of carbonyl (C=O) groups is 1. The molecule has 1 aromatic carbocycles. The van der Waals surface area contributed by atoms with E-state index in [0.717, 1.165) is 24.5 Å². The van der Waals surface area contributed by atoms with Crippen LogP contribution in [0.15, 0.2) is 30.3 Å². The van der Waals surface area contributed by atoms with E-state index in [4.69, 9.17) is 14.2 Å². The third-order valence-corrected chi connectivity index (χ3v) is 4.97. The molecule has 0 saturated carbocycles. The van der Waals surface area contributed by atoms with Crippen molar-refractivity contribution in [3.63, 3.8) is 0 Å². The Bertz CT molecular complexity index is 910. The molecule has 1 saturated heterocycles. The lowest BCUT2D eigenvalue weighted by Crippen LogP contribution is -2.30. The average Bonchev–Trinajstić information content (AvgIpc) is 2.80. The molecular weight excluding hydrogens is 396 g/mol. The number of amides is 1. The Morgan fingerprint density at radius 3 is 2.61 bits per heavy atom. The summed E-state index contributed by atoms with van der Waals surface area (Å²) in [6.07, 6.45) is 6.83. The first-order valence-electron chi connectivity index (χ1n) is 10.5. The van der Waals surface area contributed by atoms with Crippen LogP contribution >= 0.6 is 0 Å². The second kappa shape index (κ2) is 11.2. The highest BCUT2D eigenvalue weighted by Gasteiger charge is 2.14. The molecule has 3 rings (SSSR count). The number of aryl methyl sites for hydroxylation is 1. The van der Waals surface area contributed by atoms with Gasteiger partial charge in [-0.1, -0.05) is 6.07 Å². The van der Waals surface area contributed by atoms with Gasteiger partial charge in [0.1, 0.15) is 18.2 Å². The average molecular weight is 427 g/mol. The number of methoxy groups -OCH3 is 2. The number of carbonyl (C=O) groups excluding carboxylic acids is 1. The highest BCUT2D eigenvalue weighted by atomic mass is 16.5. The van der Waals surface area contributed by atoms with Gasteiger partial charge in [0.2, 0.25) is 11.8 Å². The number of nitrogens with zero attached hydrogens (tertiary/aromatic N) is 3. The van der Waals surface area contributed by atoms with Gasteiger partial charge >= 0.3 is 0 Å². The molecule has 31 heavy (non-hydrogen) atoms. The number of rotatable bonds is 9. The minimum absolute atomic E-state index is 0.203. The lowest BCUT2D eigenvalue weighted by molar-refractivity contribution is -0.116. The molecule has 1 N–H and O–H groups in total. The normalized spacial score (nSPS) is 13.8. The molecule has 166 valence electrons. The molecule has 1 aliphatic heterocycles. The van der Waals surface area contributed by atoms with E-state index >= 15 is 0 Å². The quantitative estimate of drug-likeness (QED) is 0.487. The van der Waals surface area contributed by atoms with E-state index in [9.17, 15) is 4.79 Å². The number of aromatic nitrogens is 2. The Balaban J connectivity index is 1.46. The van der Waals surface area contributed by atoms with Gasteiger partial charge < -0.3 is 24.4 Å². The van der Waals surface area contributed by atoms with Crippen molar-refractivity contribution in [1.82, 2.24) is 15.3 Å². The van der Waals surface area contributed by atoms with E-state index < -0.39 is 0 Å². The van der Waals surface area contributed by atoms with E-state index in [-0.39, 0.29) is 5.91 Å². The van der Waals surface area contributed by atoms with Crippen molar-refractivity contribution in [2.45, 2.75) is 26.2 Å². The van der Waals surface area contributed by atoms with Crippen LogP contribution < -0.4 is 24.4 Å². The Morgan fingerprint density at radius 1 is 1.10 bits per heavy atom. The number of hydrogen-bond donors (Lipinski definition) is 1. The number of anilines is 1. The monoisotopic (exact) mass is 426 g/mol. The largest absolute Gasteiger partial charge is 0.493 e. The molecule has 0 bridgehead atoms. The fraction of sp³-hybridized carbons (Fsp3) is 0.435. The summed E-state index contributed by atoms with van der Waals surface area (Å²) < 4.78 is 16.2. The molecule has 1 aliphatic rings. The molecule has 1 fully saturated rings. The number of benzene rings is 1. The van der Waals surface area contributed by atoms with Crippen molar-refractivity contribution in [1.29, 1.82) is 0 Å². The number of hydrogen-bond acceptors (Lipinski definition) is 7. The maximum Gasteiger partial charge on any atom is 0.244 e. The Labute approximate surface area is 183 Å². The maximum atomic E-state index is 12.1. The smallest absolute Gasteiger partial charge is 0.244 e. The van der Waals surface area contributed by atoms with E-state index in [1.807, 2.05) is 25.1 Å². The van der Waals surface area contributed by atoms with Crippen LogP contribution in [0, 0.1) is 6.92 Å². The SMILES string of the molecule is COc1ccc(/C=C/C(=O)NCCOc2cc(N3CCCCC3)nc(C)n2)cc1OC. The second-order valence-electron chi connectivity index (χ2n) is 7.25. The molecule has 8 heteroatoms. The molecule has 1 amide bonds. The summed E-state index contributed by atoms with van der Waals surface area (Å²) in [6.45, 7) is 4.58. The summed E-state index contributed by atoms with van der Waals surface area (Å²) in [4.78, 5) is 23.2. The van der Waals surface area contributed by atoms with Gasteiger partial charge in [0.05, 0.1) is 20.8 Å². The second-order valence-corrected chi connectivity index (χ2v) is 7.25. The van der Waals surface area contributed by atoms with Crippen LogP contribution in [0.2, 0.25) is 0 Å². The van der Waals surface area contributed by atoms with Gasteiger partial charge in [0.15, 0.2) is 11.5 Å². The molecular formula is C23H30N4O4. The van der Waals surface area contributed by atoms with Gasteiger partial charge in [-0.2, -0.15) is 4.98 Å². The van der Waals surface area contributed by atoms with Gasteiger partial charge in [0.25, 0.3) is 0 Å². The van der Waals surface area contributed by atoms with Crippen molar-refractivity contribution in [2.24, 2.45) is 0 Å². The molecule has 8 nitrogen and oxygen atoms in total. The predicted molar refractivity (Wildman–Crippen MR) is 120 cm³/mol. The number of piperidine rings is 1. The molecule has 0 radical (unpaired) electrons. The summed E-state index contributed by atoms with van der Waals surface area (Å²) in [5.41, 5.74) is 0.839. The molecule has 2 aromatic rings. The topological polar surface area (TPSA) is 85.8 Å². The van der Waals surface area contributed by atoms with Gasteiger partial charge in [0, 0.05) is 25.2 Å². The molecule has 0 unspecified atom stereocenters. The summed E-state index contributed by atoms with van der Waals surface area (Å²) in [5.74, 6) is 3.17. The van der Waals surface area contributed by atoms with Gasteiger partial charge in [-0.3, -0.25) is 4.79 Å². The van der Waals surface area contributed by atoms with E-state index in [0.29, 0.717) is 36.4 Å². The molecule has 0 spiro atoms. The summed E-state index contributed by atoms with van der Waals surface area (Å²) in [5, 5.41) is 2.81. The van der Waals surface area contributed by atoms with E-state index in [1.165, 1.54) is 25.3 Å². The van der Waals surface area contributed by atoms with Crippen LogP contribution in [-0.2, 0) is 4.79 Å². The predicted octanol–water partition coefficient (Wildman–Crippen LogP) is 3.00. The van der Waals surface area contributed by atoms with Crippen LogP contribution in [0.4, 0.5) is 5.82 Å². The number of nitrogens with one attached hydrogen (secondary N) is 1. The van der Waals surface area contributed by atoms with Crippen LogP contribution in [0.5, 0.6) is 17.4 Å². The minimum atomic E-state index is -0.203. The third kappa shape index (κ3) is 6.60. The van der Waals surface area contributed by atoms with Crippen LogP contribution in [-0.4, -0.2) is 56.3 Å². The lowest BCUT2D eigenvalue weighted by Gasteiger charge is -2.28. The van der Waals surface area contributed by atoms with Crippen LogP contribution in [0.25, 0.3) is 6.08 Å². The van der Waals surface area contributed by atoms with Gasteiger partial charge in [-0.15, -0.1) is 0 Å². The van der Waals surface area contributed by atoms with Crippen molar-refractivity contribution < 1.29 is 19.0 Å². The molecule has 1 aromatic heterocycles.